The topological polar surface area (TPSA) is 46.6 Å². The van der Waals surface area contributed by atoms with Crippen molar-refractivity contribution < 1.29 is 14.3 Å². The molecule has 0 radical (unpaired) electrons. The van der Waals surface area contributed by atoms with Gasteiger partial charge in [0.1, 0.15) is 5.76 Å². The summed E-state index contributed by atoms with van der Waals surface area (Å²) in [5, 5.41) is 0. The highest BCUT2D eigenvalue weighted by molar-refractivity contribution is 5.90. The molecule has 4 nitrogen and oxygen atoms in total. The third-order valence-electron chi connectivity index (χ3n) is 2.74. The van der Waals surface area contributed by atoms with Crippen LogP contribution in [0.25, 0.3) is 0 Å². The van der Waals surface area contributed by atoms with Crippen LogP contribution in [-0.4, -0.2) is 36.8 Å². The van der Waals surface area contributed by atoms with Crippen molar-refractivity contribution in [2.75, 3.05) is 20.2 Å². The van der Waals surface area contributed by atoms with E-state index >= 15 is 0 Å². The first-order chi connectivity index (χ1) is 8.13. The van der Waals surface area contributed by atoms with Gasteiger partial charge in [0, 0.05) is 25.9 Å². The molecule has 0 aliphatic carbocycles. The summed E-state index contributed by atoms with van der Waals surface area (Å²) in [4.78, 5) is 24.6. The van der Waals surface area contributed by atoms with E-state index in [4.69, 9.17) is 4.74 Å². The third kappa shape index (κ3) is 4.85. The number of carbonyl (C=O) groups excluding carboxylic acids is 2. The fraction of sp³-hybridized carbons (Fsp3) is 0.538. The number of hydrogen-bond acceptors (Lipinski definition) is 3. The van der Waals surface area contributed by atoms with Gasteiger partial charge in [-0.25, -0.2) is 0 Å². The van der Waals surface area contributed by atoms with E-state index in [1.165, 1.54) is 13.2 Å². The Kier molecular flexibility index (Phi) is 5.46. The number of carbonyl (C=O) groups is 2. The van der Waals surface area contributed by atoms with Crippen molar-refractivity contribution in [2.24, 2.45) is 0 Å². The molecule has 0 atom stereocenters. The number of likely N-dealkylation sites (tertiary alicyclic amines) is 1. The molecule has 1 aliphatic heterocycles. The Labute approximate surface area is 102 Å². The van der Waals surface area contributed by atoms with Crippen molar-refractivity contribution in [1.82, 2.24) is 4.90 Å². The van der Waals surface area contributed by atoms with Crippen LogP contribution < -0.4 is 0 Å². The lowest BCUT2D eigenvalue weighted by Gasteiger charge is -2.14. The van der Waals surface area contributed by atoms with Crippen LogP contribution in [0.1, 0.15) is 25.7 Å². The zero-order valence-electron chi connectivity index (χ0n) is 10.3. The normalized spacial score (nSPS) is 15.6. The van der Waals surface area contributed by atoms with Gasteiger partial charge in [-0.2, -0.15) is 0 Å². The van der Waals surface area contributed by atoms with Crippen LogP contribution in [0.5, 0.6) is 0 Å². The summed E-state index contributed by atoms with van der Waals surface area (Å²) >= 11 is 0. The van der Waals surface area contributed by atoms with Crippen LogP contribution in [-0.2, 0) is 14.3 Å². The molecule has 1 saturated heterocycles. The lowest BCUT2D eigenvalue weighted by molar-refractivity contribution is -0.128. The Bertz CT molecular complexity index is 334. The van der Waals surface area contributed by atoms with Gasteiger partial charge in [0.2, 0.25) is 5.91 Å². The van der Waals surface area contributed by atoms with E-state index in [1.807, 2.05) is 4.90 Å². The van der Waals surface area contributed by atoms with Gasteiger partial charge in [-0.1, -0.05) is 6.58 Å². The molecular weight excluding hydrogens is 218 g/mol. The minimum absolute atomic E-state index is 0.0369. The predicted octanol–water partition coefficient (Wildman–Crippen LogP) is 1.67. The molecule has 17 heavy (non-hydrogen) atoms. The minimum Gasteiger partial charge on any atom is -0.497 e. The quantitative estimate of drug-likeness (QED) is 0.384. The van der Waals surface area contributed by atoms with E-state index in [1.54, 1.807) is 6.08 Å². The van der Waals surface area contributed by atoms with E-state index in [9.17, 15) is 9.59 Å². The van der Waals surface area contributed by atoms with Gasteiger partial charge in [0.15, 0.2) is 5.78 Å². The molecule has 1 heterocycles. The molecule has 1 amide bonds. The Balaban J connectivity index is 2.18. The largest absolute Gasteiger partial charge is 0.497 e. The molecule has 1 fully saturated rings. The van der Waals surface area contributed by atoms with Crippen molar-refractivity contribution >= 4 is 11.7 Å². The van der Waals surface area contributed by atoms with Gasteiger partial charge in [0.25, 0.3) is 0 Å². The lowest BCUT2D eigenvalue weighted by atomic mass is 10.2. The Morgan fingerprint density at radius 3 is 2.88 bits per heavy atom. The number of hydrogen-bond donors (Lipinski definition) is 0. The van der Waals surface area contributed by atoms with Crippen molar-refractivity contribution in [2.45, 2.75) is 25.7 Å². The summed E-state index contributed by atoms with van der Waals surface area (Å²) in [6, 6.07) is 0. The summed E-state index contributed by atoms with van der Waals surface area (Å²) in [5.41, 5.74) is 0. The molecule has 0 saturated carbocycles. The molecule has 0 unspecified atom stereocenters. The van der Waals surface area contributed by atoms with Crippen molar-refractivity contribution in [3.05, 3.63) is 24.5 Å². The Morgan fingerprint density at radius 2 is 2.29 bits per heavy atom. The number of rotatable bonds is 7. The van der Waals surface area contributed by atoms with Crippen molar-refractivity contribution in [3.63, 3.8) is 0 Å². The van der Waals surface area contributed by atoms with Crippen LogP contribution >= 0.6 is 0 Å². The maximum atomic E-state index is 11.4. The summed E-state index contributed by atoms with van der Waals surface area (Å²) < 4.78 is 4.81. The van der Waals surface area contributed by atoms with Gasteiger partial charge in [-0.15, -0.1) is 0 Å². The van der Waals surface area contributed by atoms with E-state index in [0.717, 1.165) is 13.0 Å². The summed E-state index contributed by atoms with van der Waals surface area (Å²) in [6.45, 7) is 5.11. The molecule has 1 rings (SSSR count). The standard InChI is InChI=1S/C13H19NO3/c1-11(17-2)7-8-12(15)5-3-9-14-10-4-6-13(14)16/h7-8H,1,3-6,9-10H2,2H3/b8-7+. The highest BCUT2D eigenvalue weighted by Crippen LogP contribution is 2.10. The van der Waals surface area contributed by atoms with E-state index < -0.39 is 0 Å². The maximum Gasteiger partial charge on any atom is 0.222 e. The molecule has 0 aromatic carbocycles. The summed E-state index contributed by atoms with van der Waals surface area (Å²) in [5.74, 6) is 0.712. The van der Waals surface area contributed by atoms with E-state index in [0.29, 0.717) is 31.6 Å². The van der Waals surface area contributed by atoms with Crippen LogP contribution in [0, 0.1) is 0 Å². The summed E-state index contributed by atoms with van der Waals surface area (Å²) in [7, 11) is 1.51. The second kappa shape index (κ2) is 6.89. The fourth-order valence-electron chi connectivity index (χ4n) is 1.72. The smallest absolute Gasteiger partial charge is 0.222 e. The second-order valence-corrected chi connectivity index (χ2v) is 4.06. The molecule has 0 spiro atoms. The van der Waals surface area contributed by atoms with Crippen molar-refractivity contribution in [3.8, 4) is 0 Å². The first-order valence-corrected chi connectivity index (χ1v) is 5.85. The van der Waals surface area contributed by atoms with Gasteiger partial charge < -0.3 is 9.64 Å². The molecule has 94 valence electrons. The molecular formula is C13H19NO3. The van der Waals surface area contributed by atoms with Gasteiger partial charge >= 0.3 is 0 Å². The predicted molar refractivity (Wildman–Crippen MR) is 65.3 cm³/mol. The Hall–Kier alpha value is -1.58. The zero-order valence-corrected chi connectivity index (χ0v) is 10.3. The highest BCUT2D eigenvalue weighted by atomic mass is 16.5. The van der Waals surface area contributed by atoms with Crippen molar-refractivity contribution in [1.29, 1.82) is 0 Å². The molecule has 0 bridgehead atoms. The SMILES string of the molecule is C=C(/C=C/C(=O)CCCN1CCCC1=O)OC. The first kappa shape index (κ1) is 13.5. The average Bonchev–Trinajstić information content (AvgIpc) is 2.72. The fourth-order valence-corrected chi connectivity index (χ4v) is 1.72. The average molecular weight is 237 g/mol. The number of nitrogens with zero attached hydrogens (tertiary/aromatic N) is 1. The van der Waals surface area contributed by atoms with Gasteiger partial charge in [-0.05, 0) is 25.0 Å². The molecule has 0 aromatic rings. The van der Waals surface area contributed by atoms with E-state index in [-0.39, 0.29) is 11.7 Å². The minimum atomic E-state index is 0.0369. The highest BCUT2D eigenvalue weighted by Gasteiger charge is 2.19. The first-order valence-electron chi connectivity index (χ1n) is 5.85. The van der Waals surface area contributed by atoms with Gasteiger partial charge in [0.05, 0.1) is 7.11 Å². The third-order valence-corrected chi connectivity index (χ3v) is 2.74. The second-order valence-electron chi connectivity index (χ2n) is 4.06. The summed E-state index contributed by atoms with van der Waals surface area (Å²) in [6.07, 6.45) is 5.80. The van der Waals surface area contributed by atoms with E-state index in [2.05, 4.69) is 6.58 Å². The number of amides is 1. The number of ether oxygens (including phenoxy) is 1. The molecule has 0 N–H and O–H groups in total. The maximum absolute atomic E-state index is 11.4. The number of allylic oxidation sites excluding steroid dienone is 2. The van der Waals surface area contributed by atoms with Crippen LogP contribution in [0.2, 0.25) is 0 Å². The molecule has 4 heteroatoms. The monoisotopic (exact) mass is 237 g/mol. The molecule has 0 aromatic heterocycles. The number of methoxy groups -OCH3 is 1. The Morgan fingerprint density at radius 1 is 1.53 bits per heavy atom. The van der Waals surface area contributed by atoms with Crippen LogP contribution in [0.15, 0.2) is 24.5 Å². The number of ketones is 1. The van der Waals surface area contributed by atoms with Gasteiger partial charge in [-0.3, -0.25) is 9.59 Å². The van der Waals surface area contributed by atoms with Crippen LogP contribution in [0.4, 0.5) is 0 Å². The van der Waals surface area contributed by atoms with Crippen LogP contribution in [0.3, 0.4) is 0 Å². The molecule has 1 aliphatic rings. The lowest BCUT2D eigenvalue weighted by Crippen LogP contribution is -2.25. The zero-order chi connectivity index (χ0) is 12.7.